The number of nitrogens with one attached hydrogen (secondary N) is 1. The zero-order chi connectivity index (χ0) is 20.9. The van der Waals surface area contributed by atoms with Crippen LogP contribution in [0.2, 0.25) is 0 Å². The highest BCUT2D eigenvalue weighted by Crippen LogP contribution is 2.28. The number of thioether (sulfide) groups is 1. The average molecular weight is 419 g/mol. The number of hydrogen-bond donors (Lipinski definition) is 1. The quantitative estimate of drug-likeness (QED) is 0.466. The molecule has 0 atom stereocenters. The highest BCUT2D eigenvalue weighted by molar-refractivity contribution is 7.99. The van der Waals surface area contributed by atoms with Gasteiger partial charge >= 0.3 is 0 Å². The molecule has 0 spiro atoms. The third-order valence-electron chi connectivity index (χ3n) is 4.26. The molecule has 6 nitrogen and oxygen atoms in total. The summed E-state index contributed by atoms with van der Waals surface area (Å²) >= 11 is 1.27. The molecule has 1 N–H and O–H groups in total. The van der Waals surface area contributed by atoms with Gasteiger partial charge in [0.25, 0.3) is 0 Å². The van der Waals surface area contributed by atoms with Crippen molar-refractivity contribution in [2.24, 2.45) is 0 Å². The van der Waals surface area contributed by atoms with Crippen LogP contribution in [0.15, 0.2) is 78.1 Å². The Hall–Kier alpha value is -3.52. The Kier molecular flexibility index (Phi) is 5.85. The number of anilines is 1. The number of benzene rings is 2. The fourth-order valence-electron chi connectivity index (χ4n) is 2.81. The molecule has 0 aliphatic rings. The first-order chi connectivity index (χ1) is 14.6. The topological polar surface area (TPSA) is 72.7 Å². The largest absolute Gasteiger partial charge is 0.310 e. The number of aromatic nitrogens is 4. The molecule has 0 aliphatic carbocycles. The first kappa shape index (κ1) is 19.8. The molecular weight excluding hydrogens is 401 g/mol. The summed E-state index contributed by atoms with van der Waals surface area (Å²) in [5, 5.41) is 11.9. The zero-order valence-electron chi connectivity index (χ0n) is 16.1. The van der Waals surface area contributed by atoms with Crippen molar-refractivity contribution in [1.82, 2.24) is 19.7 Å². The normalized spacial score (nSPS) is 10.7. The number of pyridine rings is 1. The van der Waals surface area contributed by atoms with E-state index in [0.717, 1.165) is 16.8 Å². The zero-order valence-corrected chi connectivity index (χ0v) is 16.9. The maximum absolute atomic E-state index is 13.3. The van der Waals surface area contributed by atoms with Crippen molar-refractivity contribution in [3.05, 3.63) is 84.3 Å². The molecule has 4 rings (SSSR count). The SMILES string of the molecule is Cc1ccc(NC(=O)CSc2nnc(-c3ccc(F)cc3)n2-c2ccccc2)nc1. The van der Waals surface area contributed by atoms with Crippen molar-refractivity contribution in [2.45, 2.75) is 12.1 Å². The maximum Gasteiger partial charge on any atom is 0.236 e. The molecule has 2 aromatic heterocycles. The predicted octanol–water partition coefficient (Wildman–Crippen LogP) is 4.51. The van der Waals surface area contributed by atoms with E-state index in [1.54, 1.807) is 24.4 Å². The van der Waals surface area contributed by atoms with Crippen molar-refractivity contribution < 1.29 is 9.18 Å². The lowest BCUT2D eigenvalue weighted by Crippen LogP contribution is -2.15. The van der Waals surface area contributed by atoms with Crippen molar-refractivity contribution >= 4 is 23.5 Å². The summed E-state index contributed by atoms with van der Waals surface area (Å²) in [7, 11) is 0. The summed E-state index contributed by atoms with van der Waals surface area (Å²) in [6.45, 7) is 1.93. The first-order valence-electron chi connectivity index (χ1n) is 9.22. The number of para-hydroxylation sites is 1. The molecule has 4 aromatic rings. The van der Waals surface area contributed by atoms with E-state index in [1.165, 1.54) is 23.9 Å². The van der Waals surface area contributed by atoms with Gasteiger partial charge in [-0.3, -0.25) is 9.36 Å². The predicted molar refractivity (Wildman–Crippen MR) is 115 cm³/mol. The number of carbonyl (C=O) groups is 1. The molecular formula is C22H18FN5OS. The van der Waals surface area contributed by atoms with Gasteiger partial charge in [0.2, 0.25) is 5.91 Å². The molecule has 0 saturated heterocycles. The van der Waals surface area contributed by atoms with E-state index < -0.39 is 0 Å². The van der Waals surface area contributed by atoms with E-state index in [1.807, 2.05) is 47.9 Å². The second-order valence-electron chi connectivity index (χ2n) is 6.54. The minimum absolute atomic E-state index is 0.143. The average Bonchev–Trinajstić information content (AvgIpc) is 3.19. The van der Waals surface area contributed by atoms with Gasteiger partial charge in [0.15, 0.2) is 11.0 Å². The van der Waals surface area contributed by atoms with Crippen LogP contribution in [-0.2, 0) is 4.79 Å². The fraction of sp³-hybridized carbons (Fsp3) is 0.0909. The molecule has 30 heavy (non-hydrogen) atoms. The third kappa shape index (κ3) is 4.55. The number of aryl methyl sites for hydroxylation is 1. The van der Waals surface area contributed by atoms with Crippen LogP contribution in [0.3, 0.4) is 0 Å². The van der Waals surface area contributed by atoms with Crippen molar-refractivity contribution in [2.75, 3.05) is 11.1 Å². The van der Waals surface area contributed by atoms with Crippen molar-refractivity contribution in [3.63, 3.8) is 0 Å². The van der Waals surface area contributed by atoms with Gasteiger partial charge in [-0.25, -0.2) is 9.37 Å². The van der Waals surface area contributed by atoms with Crippen molar-refractivity contribution in [3.8, 4) is 17.1 Å². The van der Waals surface area contributed by atoms with Gasteiger partial charge < -0.3 is 5.32 Å². The van der Waals surface area contributed by atoms with Gasteiger partial charge in [-0.05, 0) is 55.0 Å². The molecule has 1 amide bonds. The Balaban J connectivity index is 1.57. The first-order valence-corrected chi connectivity index (χ1v) is 10.2. The van der Waals surface area contributed by atoms with Crippen LogP contribution in [0.4, 0.5) is 10.2 Å². The van der Waals surface area contributed by atoms with Crippen LogP contribution >= 0.6 is 11.8 Å². The Morgan fingerprint density at radius 3 is 2.50 bits per heavy atom. The summed E-state index contributed by atoms with van der Waals surface area (Å²) in [6.07, 6.45) is 1.70. The molecule has 0 radical (unpaired) electrons. The lowest BCUT2D eigenvalue weighted by molar-refractivity contribution is -0.113. The Labute approximate surface area is 177 Å². The Bertz CT molecular complexity index is 1140. The lowest BCUT2D eigenvalue weighted by Gasteiger charge is -2.10. The standard InChI is InChI=1S/C22H18FN5OS/c1-15-7-12-19(24-13-15)25-20(29)14-30-22-27-26-21(16-8-10-17(23)11-9-16)28(22)18-5-3-2-4-6-18/h2-13H,14H2,1H3,(H,24,25,29). The molecule has 2 aromatic carbocycles. The van der Waals surface area contributed by atoms with Gasteiger partial charge in [-0.15, -0.1) is 10.2 Å². The number of carbonyl (C=O) groups excluding carboxylic acids is 1. The summed E-state index contributed by atoms with van der Waals surface area (Å²) < 4.78 is 15.2. The minimum Gasteiger partial charge on any atom is -0.310 e. The van der Waals surface area contributed by atoms with Gasteiger partial charge in [-0.2, -0.15) is 0 Å². The van der Waals surface area contributed by atoms with E-state index in [9.17, 15) is 9.18 Å². The summed E-state index contributed by atoms with van der Waals surface area (Å²) in [4.78, 5) is 16.5. The number of halogens is 1. The van der Waals surface area contributed by atoms with E-state index in [4.69, 9.17) is 0 Å². The number of hydrogen-bond acceptors (Lipinski definition) is 5. The van der Waals surface area contributed by atoms with Crippen molar-refractivity contribution in [1.29, 1.82) is 0 Å². The fourth-order valence-corrected chi connectivity index (χ4v) is 3.56. The van der Waals surface area contributed by atoms with Crippen LogP contribution in [-0.4, -0.2) is 31.4 Å². The number of amides is 1. The maximum atomic E-state index is 13.3. The highest BCUT2D eigenvalue weighted by atomic mass is 32.2. The summed E-state index contributed by atoms with van der Waals surface area (Å²) in [5.41, 5.74) is 2.60. The third-order valence-corrected chi connectivity index (χ3v) is 5.19. The lowest BCUT2D eigenvalue weighted by atomic mass is 10.2. The van der Waals surface area contributed by atoms with Gasteiger partial charge in [0.05, 0.1) is 5.75 Å². The molecule has 150 valence electrons. The second-order valence-corrected chi connectivity index (χ2v) is 7.48. The van der Waals surface area contributed by atoms with E-state index in [0.29, 0.717) is 16.8 Å². The highest BCUT2D eigenvalue weighted by Gasteiger charge is 2.17. The summed E-state index contributed by atoms with van der Waals surface area (Å²) in [6, 6.07) is 19.3. The number of nitrogens with zero attached hydrogens (tertiary/aromatic N) is 4. The molecule has 0 bridgehead atoms. The molecule has 0 aliphatic heterocycles. The van der Waals surface area contributed by atoms with Crippen LogP contribution in [0.25, 0.3) is 17.1 Å². The molecule has 2 heterocycles. The number of rotatable bonds is 6. The van der Waals surface area contributed by atoms with Crippen LogP contribution < -0.4 is 5.32 Å². The van der Waals surface area contributed by atoms with Gasteiger partial charge in [0.1, 0.15) is 11.6 Å². The molecule has 0 fully saturated rings. The Morgan fingerprint density at radius 1 is 1.03 bits per heavy atom. The molecule has 8 heteroatoms. The Morgan fingerprint density at radius 2 is 1.80 bits per heavy atom. The summed E-state index contributed by atoms with van der Waals surface area (Å²) in [5.74, 6) is 0.707. The van der Waals surface area contributed by atoms with E-state index in [-0.39, 0.29) is 17.5 Å². The van der Waals surface area contributed by atoms with Gasteiger partial charge in [-0.1, -0.05) is 36.0 Å². The van der Waals surface area contributed by atoms with Crippen LogP contribution in [0.1, 0.15) is 5.56 Å². The molecule has 0 saturated carbocycles. The smallest absolute Gasteiger partial charge is 0.236 e. The molecule has 0 unspecified atom stereocenters. The second kappa shape index (κ2) is 8.87. The minimum atomic E-state index is -0.319. The van der Waals surface area contributed by atoms with E-state index in [2.05, 4.69) is 20.5 Å². The van der Waals surface area contributed by atoms with Gasteiger partial charge in [0, 0.05) is 17.4 Å². The van der Waals surface area contributed by atoms with E-state index >= 15 is 0 Å². The van der Waals surface area contributed by atoms with Crippen LogP contribution in [0.5, 0.6) is 0 Å². The van der Waals surface area contributed by atoms with Crippen LogP contribution in [0, 0.1) is 12.7 Å². The monoisotopic (exact) mass is 419 g/mol.